The number of anilines is 11. The maximum absolute atomic E-state index is 5.11. The highest BCUT2D eigenvalue weighted by Gasteiger charge is 2.19. The largest absolute Gasteiger partial charge is 0.356 e. The van der Waals surface area contributed by atoms with Crippen molar-refractivity contribution in [2.24, 2.45) is 0 Å². The molecule has 1 N–H and O–H groups in total. The molecule has 16 rings (SSSR count). The van der Waals surface area contributed by atoms with Gasteiger partial charge in [-0.15, -0.1) is 0 Å². The van der Waals surface area contributed by atoms with Gasteiger partial charge in [-0.05, 0) is 170 Å². The fraction of sp³-hybridized carbons (Fsp3) is 0. The van der Waals surface area contributed by atoms with Gasteiger partial charge in [-0.1, -0.05) is 234 Å². The number of aromatic nitrogens is 4. The molecule has 0 amide bonds. The van der Waals surface area contributed by atoms with E-state index in [-0.39, 0.29) is 0 Å². The number of fused-ring (bicyclic) bond motifs is 2. The van der Waals surface area contributed by atoms with Gasteiger partial charge in [0.25, 0.3) is 0 Å². The first-order valence-electron chi connectivity index (χ1n) is 32.2. The van der Waals surface area contributed by atoms with Crippen molar-refractivity contribution in [3.8, 4) is 45.0 Å². The second-order valence-electron chi connectivity index (χ2n) is 22.8. The molecule has 0 aliphatic rings. The van der Waals surface area contributed by atoms with Crippen LogP contribution >= 0.6 is 15.9 Å². The molecule has 0 spiro atoms. The van der Waals surface area contributed by atoms with E-state index in [1.165, 1.54) is 0 Å². The Balaban J connectivity index is 0.000000138. The van der Waals surface area contributed by atoms with E-state index in [2.05, 4.69) is 285 Å². The topological polar surface area (TPSA) is 73.3 Å². The third-order valence-electron chi connectivity index (χ3n) is 16.4. The van der Waals surface area contributed by atoms with Crippen LogP contribution in [-0.4, -0.2) is 19.9 Å². The van der Waals surface area contributed by atoms with Crippen molar-refractivity contribution in [2.75, 3.05) is 20.0 Å². The third-order valence-corrected chi connectivity index (χ3v) is 16.9. The average Bonchev–Trinajstić information content (AvgIpc) is 0.815. The van der Waals surface area contributed by atoms with Gasteiger partial charge in [-0.2, -0.15) is 0 Å². The minimum absolute atomic E-state index is 0.865. The molecule has 0 atom stereocenters. The maximum atomic E-state index is 5.11. The van der Waals surface area contributed by atoms with E-state index in [1.54, 1.807) is 0 Å². The van der Waals surface area contributed by atoms with Crippen LogP contribution < -0.4 is 20.0 Å². The molecule has 16 aromatic rings. The zero-order valence-electron chi connectivity index (χ0n) is 53.0. The number of nitrogens with one attached hydrogen (secondary N) is 1. The van der Waals surface area contributed by atoms with Crippen molar-refractivity contribution in [1.29, 1.82) is 0 Å². The van der Waals surface area contributed by atoms with E-state index < -0.39 is 0 Å². The van der Waals surface area contributed by atoms with E-state index in [0.717, 1.165) is 134 Å². The maximum Gasteiger partial charge on any atom is 0.0973 e. The van der Waals surface area contributed by atoms with Crippen molar-refractivity contribution >= 4 is 101 Å². The Morgan fingerprint density at radius 3 is 0.670 bits per heavy atom. The lowest BCUT2D eigenvalue weighted by Gasteiger charge is -2.28. The highest BCUT2D eigenvalue weighted by molar-refractivity contribution is 9.10. The normalized spacial score (nSPS) is 10.7. The fourth-order valence-electron chi connectivity index (χ4n) is 11.7. The lowest BCUT2D eigenvalue weighted by Crippen LogP contribution is -2.12. The number of nitrogens with zero attached hydrogens (tertiary/aromatic N) is 7. The molecule has 97 heavy (non-hydrogen) atoms. The molecule has 0 fully saturated rings. The van der Waals surface area contributed by atoms with Crippen molar-refractivity contribution in [2.45, 2.75) is 0 Å². The van der Waals surface area contributed by atoms with Gasteiger partial charge in [0, 0.05) is 89.3 Å². The quantitative estimate of drug-likeness (QED) is 0.109. The van der Waals surface area contributed by atoms with Gasteiger partial charge >= 0.3 is 0 Å². The number of para-hydroxylation sites is 10. The summed E-state index contributed by atoms with van der Waals surface area (Å²) in [5, 5.41) is 3.43. The van der Waals surface area contributed by atoms with Crippen molar-refractivity contribution in [3.63, 3.8) is 0 Å². The van der Waals surface area contributed by atoms with Crippen LogP contribution in [0.5, 0.6) is 0 Å². The SMILES string of the molecule is Brc1ccc(-c2nc3ccccc3nc2-c2ccccc2)cc1.c1ccc(-c2nc3ccccc3nc2-c2ccc(N(c3ccccc3)c3ccc(N(c4ccccc4)c4ccccc4)cc3)cc2)cc1.c1ccc(Nc2ccc(N(c3ccccc3)c3ccccc3)cc2)cc1. The molecule has 0 saturated carbocycles. The van der Waals surface area contributed by atoms with Crippen LogP contribution in [0.1, 0.15) is 0 Å². The summed E-state index contributed by atoms with van der Waals surface area (Å²) in [5.74, 6) is 0. The summed E-state index contributed by atoms with van der Waals surface area (Å²) in [6.45, 7) is 0. The Bertz CT molecular complexity index is 5060. The number of hydrogen-bond donors (Lipinski definition) is 1. The summed E-state index contributed by atoms with van der Waals surface area (Å²) >= 11 is 3.49. The smallest absolute Gasteiger partial charge is 0.0973 e. The zero-order chi connectivity index (χ0) is 65.4. The molecule has 2 heterocycles. The molecular weight excluding hydrogens is 1250 g/mol. The second kappa shape index (κ2) is 30.0. The second-order valence-corrected chi connectivity index (χ2v) is 23.8. The zero-order valence-corrected chi connectivity index (χ0v) is 54.5. The molecule has 0 aliphatic heterocycles. The van der Waals surface area contributed by atoms with E-state index >= 15 is 0 Å². The Morgan fingerprint density at radius 2 is 0.381 bits per heavy atom. The first kappa shape index (κ1) is 61.9. The Morgan fingerprint density at radius 1 is 0.186 bits per heavy atom. The van der Waals surface area contributed by atoms with Crippen LogP contribution in [0.3, 0.4) is 0 Å². The first-order chi connectivity index (χ1) is 48.0. The van der Waals surface area contributed by atoms with E-state index in [4.69, 9.17) is 19.9 Å². The Hall–Kier alpha value is -12.6. The molecule has 0 saturated heterocycles. The molecule has 9 heteroatoms. The van der Waals surface area contributed by atoms with Crippen LogP contribution in [-0.2, 0) is 0 Å². The summed E-state index contributed by atoms with van der Waals surface area (Å²) < 4.78 is 1.05. The van der Waals surface area contributed by atoms with Crippen LogP contribution in [0.4, 0.5) is 62.6 Å². The number of rotatable bonds is 15. The standard InChI is InChI=1S/C44H32N4.C24H20N2.C20H13BrN2/c1-5-15-33(16-6-1)43-44(46-42-24-14-13-23-41(42)45-43)34-25-27-38(28-26-34)48(37-21-11-4-12-22-37)40-31-29-39(30-32-40)47(35-17-7-2-8-18-35)36-19-9-3-10-20-36;1-4-10-20(11-5-1)25-21-16-18-24(19-17-21)26(22-12-6-2-7-13-22)23-14-8-3-9-15-23;21-16-12-10-15(11-13-16)20-19(14-6-2-1-3-7-14)22-17-8-4-5-9-18(17)23-20/h1-32H;1-19,25H;1-13H. The van der Waals surface area contributed by atoms with Gasteiger partial charge in [0.2, 0.25) is 0 Å². The number of hydrogen-bond acceptors (Lipinski definition) is 8. The van der Waals surface area contributed by atoms with Crippen LogP contribution in [0.15, 0.2) is 393 Å². The molecule has 0 bridgehead atoms. The minimum atomic E-state index is 0.865. The summed E-state index contributed by atoms with van der Waals surface area (Å²) in [6, 6.07) is 133. The average molecular weight is 1310 g/mol. The molecule has 0 radical (unpaired) electrons. The van der Waals surface area contributed by atoms with E-state index in [9.17, 15) is 0 Å². The summed E-state index contributed by atoms with van der Waals surface area (Å²) in [7, 11) is 0. The summed E-state index contributed by atoms with van der Waals surface area (Å²) in [6.07, 6.45) is 0. The molecule has 0 unspecified atom stereocenters. The lowest BCUT2D eigenvalue weighted by atomic mass is 10.0. The molecule has 0 aliphatic carbocycles. The summed E-state index contributed by atoms with van der Waals surface area (Å²) in [5.41, 5.74) is 23.4. The molecular formula is C88H65BrN8. The molecule has 464 valence electrons. The van der Waals surface area contributed by atoms with E-state index in [1.807, 2.05) is 140 Å². The first-order valence-corrected chi connectivity index (χ1v) is 33.0. The highest BCUT2D eigenvalue weighted by atomic mass is 79.9. The van der Waals surface area contributed by atoms with Crippen LogP contribution in [0, 0.1) is 0 Å². The van der Waals surface area contributed by atoms with Gasteiger partial charge in [0.1, 0.15) is 0 Å². The molecule has 14 aromatic carbocycles. The van der Waals surface area contributed by atoms with Gasteiger partial charge in [0.05, 0.1) is 44.8 Å². The molecule has 8 nitrogen and oxygen atoms in total. The van der Waals surface area contributed by atoms with Crippen LogP contribution in [0.25, 0.3) is 67.1 Å². The van der Waals surface area contributed by atoms with E-state index in [0.29, 0.717) is 0 Å². The van der Waals surface area contributed by atoms with Gasteiger partial charge < -0.3 is 20.0 Å². The Kier molecular flexibility index (Phi) is 19.2. The number of benzene rings is 14. The summed E-state index contributed by atoms with van der Waals surface area (Å²) in [4.78, 5) is 26.7. The predicted octanol–water partition coefficient (Wildman–Crippen LogP) is 24.5. The fourth-order valence-corrected chi connectivity index (χ4v) is 12.0. The monoisotopic (exact) mass is 1310 g/mol. The Labute approximate surface area is 574 Å². The van der Waals surface area contributed by atoms with Crippen molar-refractivity contribution in [3.05, 3.63) is 393 Å². The van der Waals surface area contributed by atoms with Crippen LogP contribution in [0.2, 0.25) is 0 Å². The number of halogens is 1. The van der Waals surface area contributed by atoms with Crippen molar-refractivity contribution in [1.82, 2.24) is 19.9 Å². The highest BCUT2D eigenvalue weighted by Crippen LogP contribution is 2.41. The van der Waals surface area contributed by atoms with Gasteiger partial charge in [0.15, 0.2) is 0 Å². The van der Waals surface area contributed by atoms with Crippen molar-refractivity contribution < 1.29 is 0 Å². The minimum Gasteiger partial charge on any atom is -0.356 e. The van der Waals surface area contributed by atoms with Gasteiger partial charge in [-0.25, -0.2) is 19.9 Å². The third kappa shape index (κ3) is 14.8. The predicted molar refractivity (Wildman–Crippen MR) is 409 cm³/mol. The lowest BCUT2D eigenvalue weighted by molar-refractivity contribution is 1.25. The van der Waals surface area contributed by atoms with Gasteiger partial charge in [-0.3, -0.25) is 0 Å². The molecule has 2 aromatic heterocycles.